The van der Waals surface area contributed by atoms with Gasteiger partial charge in [-0.25, -0.2) is 4.98 Å². The SMILES string of the molecule is Cc1ccc(Nc2cc3c(cc2-c2cc(N(c4ccccc4)c4ccccc4)c4c5ccccc5n5c4c2Bc2cc4oc(-c6ccccc6)nc4cc2-5)C(C)(C)CCC3(C)C)cc1. The average molecular weight is 829 g/mol. The molecule has 12 rings (SSSR count). The van der Waals surface area contributed by atoms with Gasteiger partial charge in [0.05, 0.1) is 16.7 Å². The molecule has 0 radical (unpaired) electrons. The van der Waals surface area contributed by atoms with E-state index in [-0.39, 0.29) is 10.8 Å². The maximum Gasteiger partial charge on any atom is 0.227 e. The van der Waals surface area contributed by atoms with Gasteiger partial charge in [-0.2, -0.15) is 0 Å². The number of anilines is 5. The summed E-state index contributed by atoms with van der Waals surface area (Å²) in [4.78, 5) is 7.55. The number of hydrogen-bond acceptors (Lipinski definition) is 4. The summed E-state index contributed by atoms with van der Waals surface area (Å²) in [6.45, 7) is 11.9. The summed E-state index contributed by atoms with van der Waals surface area (Å²) in [7, 11) is 0.724. The molecule has 1 N–H and O–H groups in total. The first-order valence-corrected chi connectivity index (χ1v) is 22.6. The van der Waals surface area contributed by atoms with Crippen molar-refractivity contribution in [2.45, 2.75) is 58.3 Å². The molecule has 1 aliphatic heterocycles. The molecule has 310 valence electrons. The molecule has 0 saturated heterocycles. The van der Waals surface area contributed by atoms with Gasteiger partial charge in [-0.15, -0.1) is 0 Å². The smallest absolute Gasteiger partial charge is 0.227 e. The molecule has 2 aliphatic rings. The largest absolute Gasteiger partial charge is 0.436 e. The molecule has 0 fully saturated rings. The maximum absolute atomic E-state index is 6.58. The Bertz CT molecular complexity index is 3400. The summed E-state index contributed by atoms with van der Waals surface area (Å²) in [5.41, 5.74) is 20.7. The van der Waals surface area contributed by atoms with Crippen LogP contribution in [0.15, 0.2) is 174 Å². The normalized spacial score (nSPS) is 14.6. The maximum atomic E-state index is 6.58. The molecule has 6 heteroatoms. The zero-order valence-corrected chi connectivity index (χ0v) is 37.0. The van der Waals surface area contributed by atoms with Crippen molar-refractivity contribution in [2.24, 2.45) is 0 Å². The highest BCUT2D eigenvalue weighted by molar-refractivity contribution is 6.74. The molecule has 2 aromatic heterocycles. The van der Waals surface area contributed by atoms with E-state index in [1.807, 2.05) is 18.2 Å². The van der Waals surface area contributed by atoms with Crippen molar-refractivity contribution in [3.63, 3.8) is 0 Å². The number of hydrogen-bond donors (Lipinski definition) is 1. The molecule has 8 aromatic carbocycles. The number of aryl methyl sites for hydroxylation is 1. The number of nitrogens with zero attached hydrogens (tertiary/aromatic N) is 3. The number of aromatic nitrogens is 2. The molecule has 0 saturated carbocycles. The summed E-state index contributed by atoms with van der Waals surface area (Å²) in [6.07, 6.45) is 2.27. The van der Waals surface area contributed by atoms with Crippen molar-refractivity contribution < 1.29 is 4.42 Å². The molecule has 0 spiro atoms. The van der Waals surface area contributed by atoms with Crippen LogP contribution in [0.25, 0.3) is 61.2 Å². The Kier molecular flexibility index (Phi) is 8.61. The molecular weight excluding hydrogens is 779 g/mol. The molecule has 1 aliphatic carbocycles. The summed E-state index contributed by atoms with van der Waals surface area (Å²) < 4.78 is 9.10. The van der Waals surface area contributed by atoms with Gasteiger partial charge < -0.3 is 19.2 Å². The fraction of sp³-hybridized carbons (Fsp3) is 0.155. The minimum absolute atomic E-state index is 0.00210. The summed E-state index contributed by atoms with van der Waals surface area (Å²) in [5, 5.41) is 6.44. The minimum atomic E-state index is 0.00210. The monoisotopic (exact) mass is 828 g/mol. The van der Waals surface area contributed by atoms with Gasteiger partial charge in [-0.3, -0.25) is 0 Å². The van der Waals surface area contributed by atoms with Crippen LogP contribution in [0.3, 0.4) is 0 Å². The van der Waals surface area contributed by atoms with Gasteiger partial charge in [0.2, 0.25) is 5.89 Å². The fourth-order valence-corrected chi connectivity index (χ4v) is 10.6. The molecule has 3 heterocycles. The predicted octanol–water partition coefficient (Wildman–Crippen LogP) is 13.8. The van der Waals surface area contributed by atoms with Crippen molar-refractivity contribution in [1.29, 1.82) is 0 Å². The third-order valence-electron chi connectivity index (χ3n) is 14.1. The Morgan fingerprint density at radius 2 is 1.28 bits per heavy atom. The van der Waals surface area contributed by atoms with Crippen LogP contribution >= 0.6 is 0 Å². The third kappa shape index (κ3) is 6.11. The van der Waals surface area contributed by atoms with Crippen LogP contribution in [-0.2, 0) is 10.8 Å². The second kappa shape index (κ2) is 14.4. The first-order valence-electron chi connectivity index (χ1n) is 22.6. The van der Waals surface area contributed by atoms with Crippen molar-refractivity contribution >= 4 is 79.5 Å². The standard InChI is InChI=1S/C58H49BN4O/c1-36-25-27-38(28-26-36)60-47-33-45-44(57(2,3)29-30-58(45,4)5)31-42(47)43-32-51(62(39-19-11-7-12-20-39)40-21-13-8-14-22-40)53-41-23-15-16-24-49(41)63-50-35-48-52(34-46(50)59-54(43)55(53)63)64-56(61-48)37-17-9-6-10-18-37/h6-28,31-35,59-60H,29-30H2,1-5H3. The van der Waals surface area contributed by atoms with Crippen LogP contribution in [0.1, 0.15) is 57.2 Å². The van der Waals surface area contributed by atoms with Gasteiger partial charge >= 0.3 is 0 Å². The van der Waals surface area contributed by atoms with E-state index < -0.39 is 0 Å². The van der Waals surface area contributed by atoms with Crippen LogP contribution in [0.4, 0.5) is 28.4 Å². The highest BCUT2D eigenvalue weighted by Gasteiger charge is 2.39. The Morgan fingerprint density at radius 1 is 0.656 bits per heavy atom. The summed E-state index contributed by atoms with van der Waals surface area (Å²) >= 11 is 0. The summed E-state index contributed by atoms with van der Waals surface area (Å²) in [6, 6.07) is 61.7. The van der Waals surface area contributed by atoms with E-state index in [1.165, 1.54) is 55.0 Å². The first kappa shape index (κ1) is 38.4. The van der Waals surface area contributed by atoms with Gasteiger partial charge in [-0.05, 0) is 138 Å². The van der Waals surface area contributed by atoms with E-state index in [2.05, 4.69) is 201 Å². The fourth-order valence-electron chi connectivity index (χ4n) is 10.6. The summed E-state index contributed by atoms with van der Waals surface area (Å²) in [5.74, 6) is 0.633. The minimum Gasteiger partial charge on any atom is -0.436 e. The number of fused-ring (bicyclic) bond motifs is 7. The Hall–Kier alpha value is -7.31. The molecule has 0 amide bonds. The molecule has 64 heavy (non-hydrogen) atoms. The van der Waals surface area contributed by atoms with Crippen molar-refractivity contribution in [3.8, 4) is 28.3 Å². The van der Waals surface area contributed by atoms with E-state index in [0.29, 0.717) is 5.89 Å². The second-order valence-electron chi connectivity index (χ2n) is 19.2. The zero-order valence-electron chi connectivity index (χ0n) is 37.0. The second-order valence-corrected chi connectivity index (χ2v) is 19.2. The van der Waals surface area contributed by atoms with Crippen LogP contribution in [0.5, 0.6) is 0 Å². The lowest BCUT2D eigenvalue weighted by Gasteiger charge is -2.42. The predicted molar refractivity (Wildman–Crippen MR) is 270 cm³/mol. The molecule has 0 atom stereocenters. The van der Waals surface area contributed by atoms with Crippen LogP contribution in [0.2, 0.25) is 0 Å². The quantitative estimate of drug-likeness (QED) is 0.163. The highest BCUT2D eigenvalue weighted by atomic mass is 16.3. The number of rotatable bonds is 7. The molecule has 10 aromatic rings. The van der Waals surface area contributed by atoms with Crippen molar-refractivity contribution in [3.05, 3.63) is 187 Å². The number of benzene rings is 8. The lowest BCUT2D eigenvalue weighted by atomic mass is 9.58. The van der Waals surface area contributed by atoms with Gasteiger partial charge in [0.15, 0.2) is 12.9 Å². The third-order valence-corrected chi connectivity index (χ3v) is 14.1. The Labute approximate surface area is 375 Å². The van der Waals surface area contributed by atoms with Crippen LogP contribution in [-0.4, -0.2) is 16.8 Å². The molecule has 0 unspecified atom stereocenters. The van der Waals surface area contributed by atoms with Crippen LogP contribution in [0, 0.1) is 6.92 Å². The zero-order chi connectivity index (χ0) is 43.3. The molecule has 0 bridgehead atoms. The Balaban J connectivity index is 1.22. The van der Waals surface area contributed by atoms with Gasteiger partial charge in [0.1, 0.15) is 5.52 Å². The average Bonchev–Trinajstić information content (AvgIpc) is 3.90. The number of nitrogens with one attached hydrogen (secondary N) is 1. The molecule has 5 nitrogen and oxygen atoms in total. The van der Waals surface area contributed by atoms with Gasteiger partial charge in [0, 0.05) is 50.3 Å². The lowest BCUT2D eigenvalue weighted by Crippen LogP contribution is -2.38. The lowest BCUT2D eigenvalue weighted by molar-refractivity contribution is 0.332. The highest BCUT2D eigenvalue weighted by Crippen LogP contribution is 2.51. The van der Waals surface area contributed by atoms with E-state index in [9.17, 15) is 0 Å². The van der Waals surface area contributed by atoms with E-state index in [1.54, 1.807) is 0 Å². The topological polar surface area (TPSA) is 46.2 Å². The van der Waals surface area contributed by atoms with E-state index in [0.717, 1.165) is 76.4 Å². The Morgan fingerprint density at radius 3 is 1.97 bits per heavy atom. The van der Waals surface area contributed by atoms with Crippen molar-refractivity contribution in [1.82, 2.24) is 9.55 Å². The van der Waals surface area contributed by atoms with Gasteiger partial charge in [-0.1, -0.05) is 124 Å². The van der Waals surface area contributed by atoms with E-state index in [4.69, 9.17) is 9.40 Å². The first-order chi connectivity index (χ1) is 31.1. The number of para-hydroxylation sites is 3. The van der Waals surface area contributed by atoms with Crippen LogP contribution < -0.4 is 21.1 Å². The van der Waals surface area contributed by atoms with Gasteiger partial charge in [0.25, 0.3) is 0 Å². The van der Waals surface area contributed by atoms with Crippen molar-refractivity contribution in [2.75, 3.05) is 10.2 Å². The van der Waals surface area contributed by atoms with E-state index >= 15 is 0 Å². The number of oxazole rings is 1. The molecular formula is C58H49BN4O.